The quantitative estimate of drug-likeness (QED) is 0.442. The van der Waals surface area contributed by atoms with E-state index in [-0.39, 0.29) is 0 Å². The summed E-state index contributed by atoms with van der Waals surface area (Å²) in [6, 6.07) is 18.7. The van der Waals surface area contributed by atoms with Crippen LogP contribution in [-0.2, 0) is 6.42 Å². The summed E-state index contributed by atoms with van der Waals surface area (Å²) in [5.74, 6) is 2.56. The van der Waals surface area contributed by atoms with Crippen molar-refractivity contribution >= 4 is 0 Å². The maximum atomic E-state index is 2.39. The van der Waals surface area contributed by atoms with Gasteiger partial charge in [0.1, 0.15) is 0 Å². The third-order valence-corrected chi connectivity index (χ3v) is 6.58. The molecule has 0 aromatic heterocycles. The van der Waals surface area contributed by atoms with Gasteiger partial charge in [-0.1, -0.05) is 95.0 Å². The van der Waals surface area contributed by atoms with Crippen LogP contribution in [0.1, 0.15) is 89.2 Å². The lowest BCUT2D eigenvalue weighted by molar-refractivity contribution is 0.308. The summed E-state index contributed by atoms with van der Waals surface area (Å²) in [5.41, 5.74) is 5.73. The molecule has 0 nitrogen and oxygen atoms in total. The van der Waals surface area contributed by atoms with Crippen molar-refractivity contribution < 1.29 is 0 Å². The number of rotatable bonds is 8. The molecule has 27 heavy (non-hydrogen) atoms. The Labute approximate surface area is 167 Å². The van der Waals surface area contributed by atoms with Crippen LogP contribution in [0.25, 0.3) is 11.1 Å². The summed E-state index contributed by atoms with van der Waals surface area (Å²) in [5, 5.41) is 0. The predicted molar refractivity (Wildman–Crippen MR) is 119 cm³/mol. The first kappa shape index (κ1) is 20.2. The smallest absolute Gasteiger partial charge is 0.0162 e. The second kappa shape index (κ2) is 10.1. The minimum absolute atomic E-state index is 0.785. The third-order valence-electron chi connectivity index (χ3n) is 6.58. The van der Waals surface area contributed by atoms with Gasteiger partial charge in [0.25, 0.3) is 0 Å². The molecule has 0 bridgehead atoms. The molecule has 1 atom stereocenters. The molecule has 0 heterocycles. The van der Waals surface area contributed by atoms with E-state index >= 15 is 0 Å². The summed E-state index contributed by atoms with van der Waals surface area (Å²) >= 11 is 0. The van der Waals surface area contributed by atoms with Gasteiger partial charge in [-0.25, -0.2) is 0 Å². The highest BCUT2D eigenvalue weighted by atomic mass is 14.3. The van der Waals surface area contributed by atoms with Crippen LogP contribution in [0.4, 0.5) is 0 Å². The first-order valence-electron chi connectivity index (χ1n) is 11.4. The van der Waals surface area contributed by atoms with Crippen LogP contribution in [0.15, 0.2) is 48.5 Å². The van der Waals surface area contributed by atoms with Gasteiger partial charge >= 0.3 is 0 Å². The maximum absolute atomic E-state index is 2.39. The Kier molecular flexibility index (Phi) is 7.56. The summed E-state index contributed by atoms with van der Waals surface area (Å²) in [6.07, 6.45) is 12.2. The highest BCUT2D eigenvalue weighted by Gasteiger charge is 2.21. The summed E-state index contributed by atoms with van der Waals surface area (Å²) < 4.78 is 0. The van der Waals surface area contributed by atoms with Crippen molar-refractivity contribution in [2.45, 2.75) is 84.5 Å². The van der Waals surface area contributed by atoms with Crippen LogP contribution in [0.3, 0.4) is 0 Å². The van der Waals surface area contributed by atoms with Crippen molar-refractivity contribution in [1.82, 2.24) is 0 Å². The molecule has 1 fully saturated rings. The fraction of sp³-hybridized carbons (Fsp3) is 0.556. The van der Waals surface area contributed by atoms with Gasteiger partial charge in [0, 0.05) is 0 Å². The van der Waals surface area contributed by atoms with Crippen LogP contribution < -0.4 is 0 Å². The number of hydrogen-bond acceptors (Lipinski definition) is 0. The minimum Gasteiger partial charge on any atom is -0.0654 e. The normalized spacial score (nSPS) is 21.1. The van der Waals surface area contributed by atoms with Crippen LogP contribution in [0.2, 0.25) is 0 Å². The Morgan fingerprint density at radius 1 is 0.778 bits per heavy atom. The fourth-order valence-corrected chi connectivity index (χ4v) is 4.97. The van der Waals surface area contributed by atoms with Gasteiger partial charge in [-0.3, -0.25) is 0 Å². The highest BCUT2D eigenvalue weighted by Crippen LogP contribution is 2.38. The first-order chi connectivity index (χ1) is 13.2. The van der Waals surface area contributed by atoms with E-state index < -0.39 is 0 Å². The molecule has 0 amide bonds. The van der Waals surface area contributed by atoms with Crippen LogP contribution in [0.5, 0.6) is 0 Å². The van der Waals surface area contributed by atoms with E-state index in [4.69, 9.17) is 0 Å². The molecule has 2 aromatic rings. The molecule has 0 aliphatic heterocycles. The lowest BCUT2D eigenvalue weighted by Crippen LogP contribution is -2.13. The third kappa shape index (κ3) is 5.71. The standard InChI is InChI=1S/C27H38/c1-4-6-21(3)20-23-10-14-25(15-11-23)27-18-16-26(17-19-27)24-12-8-22(7-5-2)9-13-24/h10-11,14-19,21-22,24H,4-9,12-13,20H2,1-3H3. The molecule has 0 N–H and O–H groups in total. The van der Waals surface area contributed by atoms with E-state index in [0.717, 1.165) is 17.8 Å². The Bertz CT molecular complexity index is 656. The zero-order valence-electron chi connectivity index (χ0n) is 17.7. The molecule has 1 unspecified atom stereocenters. The maximum Gasteiger partial charge on any atom is -0.0162 e. The summed E-state index contributed by atoms with van der Waals surface area (Å²) in [6.45, 7) is 6.97. The van der Waals surface area contributed by atoms with E-state index in [9.17, 15) is 0 Å². The van der Waals surface area contributed by atoms with E-state index in [0.29, 0.717) is 0 Å². The number of hydrogen-bond donors (Lipinski definition) is 0. The van der Waals surface area contributed by atoms with Crippen molar-refractivity contribution in [1.29, 1.82) is 0 Å². The summed E-state index contributed by atoms with van der Waals surface area (Å²) in [4.78, 5) is 0. The van der Waals surface area contributed by atoms with Crippen molar-refractivity contribution in [2.24, 2.45) is 11.8 Å². The van der Waals surface area contributed by atoms with Crippen LogP contribution in [0, 0.1) is 11.8 Å². The van der Waals surface area contributed by atoms with E-state index in [1.807, 2.05) is 0 Å². The molecule has 3 rings (SSSR count). The van der Waals surface area contributed by atoms with Gasteiger partial charge in [0.2, 0.25) is 0 Å². The van der Waals surface area contributed by atoms with Crippen LogP contribution in [-0.4, -0.2) is 0 Å². The highest BCUT2D eigenvalue weighted by molar-refractivity contribution is 5.64. The van der Waals surface area contributed by atoms with Gasteiger partial charge in [0.15, 0.2) is 0 Å². The first-order valence-corrected chi connectivity index (χ1v) is 11.4. The predicted octanol–water partition coefficient (Wildman–Crippen LogP) is 8.41. The van der Waals surface area contributed by atoms with Crippen LogP contribution >= 0.6 is 0 Å². The van der Waals surface area contributed by atoms with Gasteiger partial charge in [0.05, 0.1) is 0 Å². The molecule has 0 saturated heterocycles. The van der Waals surface area contributed by atoms with Gasteiger partial charge in [-0.2, -0.15) is 0 Å². The van der Waals surface area contributed by atoms with Crippen molar-refractivity contribution in [3.05, 3.63) is 59.7 Å². The molecule has 0 spiro atoms. The zero-order valence-corrected chi connectivity index (χ0v) is 17.7. The minimum atomic E-state index is 0.785. The molecule has 146 valence electrons. The largest absolute Gasteiger partial charge is 0.0654 e. The van der Waals surface area contributed by atoms with Crippen molar-refractivity contribution in [3.8, 4) is 11.1 Å². The van der Waals surface area contributed by atoms with E-state index in [1.54, 1.807) is 5.56 Å². The monoisotopic (exact) mass is 362 g/mol. The fourth-order valence-electron chi connectivity index (χ4n) is 4.97. The van der Waals surface area contributed by atoms with Gasteiger partial charge < -0.3 is 0 Å². The lowest BCUT2D eigenvalue weighted by atomic mass is 9.77. The molecule has 0 radical (unpaired) electrons. The molecule has 0 heteroatoms. The molecule has 1 aliphatic carbocycles. The second-order valence-electron chi connectivity index (χ2n) is 8.92. The molecular formula is C27H38. The van der Waals surface area contributed by atoms with Crippen molar-refractivity contribution in [2.75, 3.05) is 0 Å². The Hall–Kier alpha value is -1.56. The Morgan fingerprint density at radius 3 is 1.93 bits per heavy atom. The topological polar surface area (TPSA) is 0 Å². The average molecular weight is 363 g/mol. The molecular weight excluding hydrogens is 324 g/mol. The molecule has 1 saturated carbocycles. The molecule has 2 aromatic carbocycles. The second-order valence-corrected chi connectivity index (χ2v) is 8.92. The Morgan fingerprint density at radius 2 is 1.37 bits per heavy atom. The van der Waals surface area contributed by atoms with E-state index in [1.165, 1.54) is 74.5 Å². The Balaban J connectivity index is 1.59. The van der Waals surface area contributed by atoms with E-state index in [2.05, 4.69) is 69.3 Å². The average Bonchev–Trinajstić information content (AvgIpc) is 2.70. The lowest BCUT2D eigenvalue weighted by Gasteiger charge is -2.28. The number of benzene rings is 2. The SMILES string of the molecule is CCCC(C)Cc1ccc(-c2ccc(C3CCC(CCC)CC3)cc2)cc1. The van der Waals surface area contributed by atoms with Gasteiger partial charge in [-0.15, -0.1) is 0 Å². The van der Waals surface area contributed by atoms with Gasteiger partial charge in [-0.05, 0) is 72.1 Å². The zero-order chi connectivity index (χ0) is 19.1. The van der Waals surface area contributed by atoms with Crippen molar-refractivity contribution in [3.63, 3.8) is 0 Å². The summed E-state index contributed by atoms with van der Waals surface area (Å²) in [7, 11) is 0. The molecule has 1 aliphatic rings.